The Balaban J connectivity index is 1.58. The van der Waals surface area contributed by atoms with Crippen LogP contribution in [0.2, 0.25) is 0 Å². The predicted molar refractivity (Wildman–Crippen MR) is 103 cm³/mol. The summed E-state index contributed by atoms with van der Waals surface area (Å²) in [6.07, 6.45) is 0. The van der Waals surface area contributed by atoms with E-state index in [1.54, 1.807) is 23.5 Å². The van der Waals surface area contributed by atoms with Gasteiger partial charge in [0.1, 0.15) is 12.4 Å². The molecule has 136 valence electrons. The van der Waals surface area contributed by atoms with Crippen LogP contribution in [0.4, 0.5) is 4.39 Å². The lowest BCUT2D eigenvalue weighted by Crippen LogP contribution is -2.13. The Hall–Kier alpha value is -2.37. The van der Waals surface area contributed by atoms with Gasteiger partial charge >= 0.3 is 0 Å². The molecule has 0 aliphatic heterocycles. The van der Waals surface area contributed by atoms with Crippen molar-refractivity contribution in [2.45, 2.75) is 26.6 Å². The highest BCUT2D eigenvalue weighted by atomic mass is 32.1. The van der Waals surface area contributed by atoms with E-state index in [0.717, 1.165) is 22.6 Å². The quantitative estimate of drug-likeness (QED) is 0.564. The van der Waals surface area contributed by atoms with Gasteiger partial charge in [-0.05, 0) is 53.8 Å². The molecular weight excluding hydrogens is 349 g/mol. The Morgan fingerprint density at radius 3 is 2.42 bits per heavy atom. The second kappa shape index (κ2) is 9.36. The van der Waals surface area contributed by atoms with Crippen LogP contribution in [0.15, 0.2) is 60.0 Å². The third-order valence-electron chi connectivity index (χ3n) is 3.83. The standard InChI is InChI=1S/C21H22FNO2S/c1-2-24-21-12-17(14-23-13-16-5-8-18(22)9-6-16)7-10-20(21)25-15-19-4-3-11-26-19/h3-12,23H,2,13-15H2,1H3. The fraction of sp³-hybridized carbons (Fsp3) is 0.238. The highest BCUT2D eigenvalue weighted by molar-refractivity contribution is 7.09. The summed E-state index contributed by atoms with van der Waals surface area (Å²) in [6, 6.07) is 16.6. The van der Waals surface area contributed by atoms with Crippen LogP contribution in [0.3, 0.4) is 0 Å². The second-order valence-corrected chi connectivity index (χ2v) is 6.84. The first kappa shape index (κ1) is 18.4. The van der Waals surface area contributed by atoms with Crippen molar-refractivity contribution < 1.29 is 13.9 Å². The molecule has 0 aliphatic carbocycles. The van der Waals surface area contributed by atoms with Gasteiger partial charge in [0.15, 0.2) is 11.5 Å². The SMILES string of the molecule is CCOc1cc(CNCc2ccc(F)cc2)ccc1OCc1cccs1. The Morgan fingerprint density at radius 1 is 0.923 bits per heavy atom. The number of thiophene rings is 1. The van der Waals surface area contributed by atoms with E-state index < -0.39 is 0 Å². The molecule has 26 heavy (non-hydrogen) atoms. The average molecular weight is 371 g/mol. The van der Waals surface area contributed by atoms with Crippen LogP contribution in [0.25, 0.3) is 0 Å². The molecule has 1 N–H and O–H groups in total. The van der Waals surface area contributed by atoms with Gasteiger partial charge in [-0.1, -0.05) is 24.3 Å². The van der Waals surface area contributed by atoms with Crippen LogP contribution in [0.1, 0.15) is 22.9 Å². The van der Waals surface area contributed by atoms with Crippen LogP contribution in [0, 0.1) is 5.82 Å². The van der Waals surface area contributed by atoms with Gasteiger partial charge in [0.2, 0.25) is 0 Å². The zero-order valence-corrected chi connectivity index (χ0v) is 15.5. The minimum atomic E-state index is -0.215. The normalized spacial score (nSPS) is 10.7. The summed E-state index contributed by atoms with van der Waals surface area (Å²) >= 11 is 1.68. The minimum absolute atomic E-state index is 0.215. The number of hydrogen-bond donors (Lipinski definition) is 1. The maximum absolute atomic E-state index is 12.9. The molecule has 1 heterocycles. The summed E-state index contributed by atoms with van der Waals surface area (Å²) in [5.41, 5.74) is 2.16. The molecule has 0 saturated carbocycles. The lowest BCUT2D eigenvalue weighted by molar-refractivity contribution is 0.271. The summed E-state index contributed by atoms with van der Waals surface area (Å²) in [5.74, 6) is 1.29. The fourth-order valence-electron chi connectivity index (χ4n) is 2.55. The van der Waals surface area contributed by atoms with Gasteiger partial charge in [-0.15, -0.1) is 11.3 Å². The topological polar surface area (TPSA) is 30.5 Å². The number of hydrogen-bond acceptors (Lipinski definition) is 4. The molecule has 0 saturated heterocycles. The molecule has 0 bridgehead atoms. The van der Waals surface area contributed by atoms with E-state index in [9.17, 15) is 4.39 Å². The molecule has 0 spiro atoms. The molecule has 1 aromatic heterocycles. The van der Waals surface area contributed by atoms with Crippen molar-refractivity contribution >= 4 is 11.3 Å². The van der Waals surface area contributed by atoms with E-state index in [2.05, 4.69) is 11.4 Å². The Kier molecular flexibility index (Phi) is 6.63. The third kappa shape index (κ3) is 5.31. The lowest BCUT2D eigenvalue weighted by atomic mass is 10.2. The van der Waals surface area contributed by atoms with Gasteiger partial charge in [0.25, 0.3) is 0 Å². The largest absolute Gasteiger partial charge is 0.490 e. The molecule has 2 aromatic carbocycles. The van der Waals surface area contributed by atoms with Crippen LogP contribution < -0.4 is 14.8 Å². The highest BCUT2D eigenvalue weighted by Crippen LogP contribution is 2.29. The second-order valence-electron chi connectivity index (χ2n) is 5.81. The van der Waals surface area contributed by atoms with E-state index in [-0.39, 0.29) is 5.82 Å². The first-order valence-electron chi connectivity index (χ1n) is 8.60. The molecule has 0 atom stereocenters. The number of benzene rings is 2. The van der Waals surface area contributed by atoms with Gasteiger partial charge in [-0.3, -0.25) is 0 Å². The van der Waals surface area contributed by atoms with Crippen molar-refractivity contribution in [3.05, 3.63) is 81.8 Å². The predicted octanol–water partition coefficient (Wildman–Crippen LogP) is 5.15. The first-order chi connectivity index (χ1) is 12.7. The fourth-order valence-corrected chi connectivity index (χ4v) is 3.16. The molecule has 3 nitrogen and oxygen atoms in total. The molecule has 3 rings (SSSR count). The van der Waals surface area contributed by atoms with Crippen molar-refractivity contribution in [3.63, 3.8) is 0 Å². The maximum Gasteiger partial charge on any atom is 0.161 e. The molecule has 3 aromatic rings. The Bertz CT molecular complexity index is 803. The highest BCUT2D eigenvalue weighted by Gasteiger charge is 2.07. The molecule has 0 aliphatic rings. The lowest BCUT2D eigenvalue weighted by Gasteiger charge is -2.13. The summed E-state index contributed by atoms with van der Waals surface area (Å²) in [4.78, 5) is 1.18. The first-order valence-corrected chi connectivity index (χ1v) is 9.48. The molecular formula is C21H22FNO2S. The summed E-state index contributed by atoms with van der Waals surface area (Å²) in [7, 11) is 0. The van der Waals surface area contributed by atoms with E-state index in [1.165, 1.54) is 17.0 Å². The zero-order valence-electron chi connectivity index (χ0n) is 14.7. The van der Waals surface area contributed by atoms with Crippen LogP contribution in [-0.2, 0) is 19.7 Å². The van der Waals surface area contributed by atoms with E-state index in [0.29, 0.717) is 26.3 Å². The van der Waals surface area contributed by atoms with Crippen molar-refractivity contribution in [3.8, 4) is 11.5 Å². The third-order valence-corrected chi connectivity index (χ3v) is 4.68. The van der Waals surface area contributed by atoms with Crippen molar-refractivity contribution in [1.29, 1.82) is 0 Å². The van der Waals surface area contributed by atoms with Crippen molar-refractivity contribution in [1.82, 2.24) is 5.32 Å². The van der Waals surface area contributed by atoms with Gasteiger partial charge in [-0.2, -0.15) is 0 Å². The maximum atomic E-state index is 12.9. The smallest absolute Gasteiger partial charge is 0.161 e. The van der Waals surface area contributed by atoms with E-state index >= 15 is 0 Å². The minimum Gasteiger partial charge on any atom is -0.490 e. The molecule has 0 radical (unpaired) electrons. The number of ether oxygens (including phenoxy) is 2. The summed E-state index contributed by atoms with van der Waals surface area (Å²) in [5, 5.41) is 5.40. The van der Waals surface area contributed by atoms with E-state index in [4.69, 9.17) is 9.47 Å². The van der Waals surface area contributed by atoms with Crippen LogP contribution in [-0.4, -0.2) is 6.61 Å². The summed E-state index contributed by atoms with van der Waals surface area (Å²) < 4.78 is 24.6. The monoisotopic (exact) mass is 371 g/mol. The zero-order chi connectivity index (χ0) is 18.2. The van der Waals surface area contributed by atoms with Gasteiger partial charge < -0.3 is 14.8 Å². The van der Waals surface area contributed by atoms with E-state index in [1.807, 2.05) is 36.6 Å². The number of halogens is 1. The molecule has 5 heteroatoms. The van der Waals surface area contributed by atoms with Crippen LogP contribution >= 0.6 is 11.3 Å². The van der Waals surface area contributed by atoms with Crippen LogP contribution in [0.5, 0.6) is 11.5 Å². The Morgan fingerprint density at radius 2 is 1.69 bits per heavy atom. The molecule has 0 unspecified atom stereocenters. The van der Waals surface area contributed by atoms with Gasteiger partial charge in [-0.25, -0.2) is 4.39 Å². The van der Waals surface area contributed by atoms with Gasteiger partial charge in [0, 0.05) is 18.0 Å². The van der Waals surface area contributed by atoms with Gasteiger partial charge in [0.05, 0.1) is 6.61 Å². The number of nitrogens with one attached hydrogen (secondary N) is 1. The molecule has 0 amide bonds. The van der Waals surface area contributed by atoms with Crippen molar-refractivity contribution in [2.24, 2.45) is 0 Å². The Labute approximate surface area is 157 Å². The number of rotatable bonds is 9. The van der Waals surface area contributed by atoms with Crippen molar-refractivity contribution in [2.75, 3.05) is 6.61 Å². The molecule has 0 fully saturated rings. The summed E-state index contributed by atoms with van der Waals surface area (Å²) in [6.45, 7) is 4.47. The average Bonchev–Trinajstić information content (AvgIpc) is 3.16.